The highest BCUT2D eigenvalue weighted by molar-refractivity contribution is 7.86. The van der Waals surface area contributed by atoms with Gasteiger partial charge >= 0.3 is 12.4 Å². The van der Waals surface area contributed by atoms with Gasteiger partial charge in [0.2, 0.25) is 0 Å². The van der Waals surface area contributed by atoms with Crippen molar-refractivity contribution in [3.8, 4) is 0 Å². The SMILES string of the molecule is CCNC(=O)c1cc(/C(N)=C/N(N)c2ccc(C(=O)NCCS(=O)(=O)O)c(C(F)(F)F)c2)nc(/C(N)=C/N(N)c2ccc(C(=O)NCCS(=O)(=O)O)c(C(F)(F)F)c2)c1. The number of nitrogens with zero attached hydrogens (tertiary/aromatic N) is 3. The van der Waals surface area contributed by atoms with Gasteiger partial charge in [-0.05, 0) is 55.5 Å². The molecule has 0 radical (unpaired) electrons. The molecule has 13 N–H and O–H groups in total. The van der Waals surface area contributed by atoms with E-state index >= 15 is 0 Å². The van der Waals surface area contributed by atoms with Gasteiger partial charge in [0.1, 0.15) is 0 Å². The Balaban J connectivity index is 2.01. The van der Waals surface area contributed by atoms with Gasteiger partial charge < -0.3 is 27.4 Å². The van der Waals surface area contributed by atoms with Crippen molar-refractivity contribution in [2.75, 3.05) is 41.2 Å². The molecule has 0 aliphatic rings. The molecule has 0 fully saturated rings. The number of rotatable bonds is 16. The molecule has 0 aliphatic heterocycles. The number of carbonyl (C=O) groups is 3. The van der Waals surface area contributed by atoms with Gasteiger partial charge in [0, 0.05) is 37.6 Å². The summed E-state index contributed by atoms with van der Waals surface area (Å²) in [4.78, 5) is 42.0. The van der Waals surface area contributed by atoms with Crippen LogP contribution in [0, 0.1) is 0 Å². The van der Waals surface area contributed by atoms with Crippen molar-refractivity contribution in [3.63, 3.8) is 0 Å². The van der Waals surface area contributed by atoms with Gasteiger partial charge in [-0.3, -0.25) is 33.5 Å². The number of carbonyl (C=O) groups excluding carboxylic acids is 3. The zero-order valence-electron chi connectivity index (χ0n) is 30.3. The Hall–Kier alpha value is -6.00. The molecule has 3 aromatic rings. The first-order valence-electron chi connectivity index (χ1n) is 16.3. The Labute approximate surface area is 331 Å². The minimum absolute atomic E-state index is 0.126. The van der Waals surface area contributed by atoms with Crippen LogP contribution in [-0.2, 0) is 32.6 Å². The van der Waals surface area contributed by atoms with Crippen LogP contribution in [0.5, 0.6) is 0 Å². The largest absolute Gasteiger partial charge is 0.417 e. The number of alkyl halides is 6. The predicted molar refractivity (Wildman–Crippen MR) is 200 cm³/mol. The van der Waals surface area contributed by atoms with Gasteiger partial charge in [0.15, 0.2) is 0 Å². The van der Waals surface area contributed by atoms with E-state index in [0.717, 1.165) is 48.8 Å². The molecule has 0 unspecified atom stereocenters. The van der Waals surface area contributed by atoms with Crippen LogP contribution in [-0.4, -0.2) is 79.8 Å². The van der Waals surface area contributed by atoms with E-state index in [0.29, 0.717) is 22.2 Å². The zero-order valence-corrected chi connectivity index (χ0v) is 31.9. The normalized spacial score (nSPS) is 12.8. The number of benzene rings is 2. The molecule has 0 spiro atoms. The van der Waals surface area contributed by atoms with Crippen molar-refractivity contribution in [3.05, 3.63) is 100 Å². The highest BCUT2D eigenvalue weighted by Gasteiger charge is 2.37. The Bertz CT molecular complexity index is 2230. The van der Waals surface area contributed by atoms with Crippen LogP contribution in [0.3, 0.4) is 0 Å². The lowest BCUT2D eigenvalue weighted by atomic mass is 10.0. The summed E-state index contributed by atoms with van der Waals surface area (Å²) < 4.78 is 145. The number of aromatic nitrogens is 1. The molecule has 0 atom stereocenters. The van der Waals surface area contributed by atoms with Gasteiger partial charge in [-0.2, -0.15) is 43.2 Å². The second-order valence-electron chi connectivity index (χ2n) is 12.0. The Morgan fingerprint density at radius 2 is 1.05 bits per heavy atom. The Morgan fingerprint density at radius 1 is 0.678 bits per heavy atom. The van der Waals surface area contributed by atoms with E-state index in [1.165, 1.54) is 0 Å². The average molecular weight is 883 g/mol. The number of hydrazine groups is 2. The quantitative estimate of drug-likeness (QED) is 0.0425. The third-order valence-electron chi connectivity index (χ3n) is 7.57. The molecule has 3 amide bonds. The van der Waals surface area contributed by atoms with E-state index in [-0.39, 0.29) is 46.3 Å². The maximum atomic E-state index is 14.0. The first kappa shape index (κ1) is 47.4. The fourth-order valence-corrected chi connectivity index (χ4v) is 5.55. The van der Waals surface area contributed by atoms with Gasteiger partial charge in [-0.1, -0.05) is 0 Å². The van der Waals surface area contributed by atoms with E-state index in [4.69, 9.17) is 32.3 Å². The van der Waals surface area contributed by atoms with Crippen LogP contribution in [0.15, 0.2) is 60.9 Å². The molecule has 1 aromatic heterocycles. The fraction of sp³-hybridized carbons (Fsp3) is 0.250. The number of halogens is 6. The monoisotopic (exact) mass is 882 g/mol. The lowest BCUT2D eigenvalue weighted by molar-refractivity contribution is -0.138. The molecule has 27 heteroatoms. The van der Waals surface area contributed by atoms with Crippen molar-refractivity contribution in [1.29, 1.82) is 0 Å². The zero-order chi connectivity index (χ0) is 44.7. The fourth-order valence-electron chi connectivity index (χ4n) is 4.83. The molecule has 0 bridgehead atoms. The second kappa shape index (κ2) is 18.7. The molecule has 19 nitrogen and oxygen atoms in total. The number of nitrogens with two attached hydrogens (primary N) is 4. The molecule has 1 heterocycles. The third kappa shape index (κ3) is 13.8. The first-order valence-corrected chi connectivity index (χ1v) is 19.6. The molecule has 0 aliphatic carbocycles. The van der Waals surface area contributed by atoms with Crippen LogP contribution in [0.25, 0.3) is 11.4 Å². The minimum Gasteiger partial charge on any atom is -0.396 e. The van der Waals surface area contributed by atoms with Gasteiger partial charge in [-0.15, -0.1) is 0 Å². The topological polar surface area (TPSA) is 319 Å². The Morgan fingerprint density at radius 3 is 1.37 bits per heavy atom. The summed E-state index contributed by atoms with van der Waals surface area (Å²) in [5.41, 5.74) is 5.46. The molecule has 3 rings (SSSR count). The molecule has 0 saturated heterocycles. The van der Waals surface area contributed by atoms with E-state index < -0.39 is 97.2 Å². The Kier molecular flexibility index (Phi) is 15.0. The van der Waals surface area contributed by atoms with Crippen molar-refractivity contribution >= 4 is 60.7 Å². The van der Waals surface area contributed by atoms with Crippen LogP contribution in [0.2, 0.25) is 0 Å². The number of pyridine rings is 1. The van der Waals surface area contributed by atoms with Crippen molar-refractivity contribution in [1.82, 2.24) is 20.9 Å². The van der Waals surface area contributed by atoms with Crippen LogP contribution in [0.4, 0.5) is 37.7 Å². The molecule has 59 heavy (non-hydrogen) atoms. The summed E-state index contributed by atoms with van der Waals surface area (Å²) in [5.74, 6) is 6.74. The van der Waals surface area contributed by atoms with Crippen molar-refractivity contribution in [2.24, 2.45) is 23.2 Å². The molecule has 0 saturated carbocycles. The highest BCUT2D eigenvalue weighted by atomic mass is 32.2. The summed E-state index contributed by atoms with van der Waals surface area (Å²) in [6.45, 7) is 0.325. The van der Waals surface area contributed by atoms with Crippen LogP contribution in [0.1, 0.15) is 60.5 Å². The highest BCUT2D eigenvalue weighted by Crippen LogP contribution is 2.36. The van der Waals surface area contributed by atoms with E-state index in [1.54, 1.807) is 6.92 Å². The maximum absolute atomic E-state index is 14.0. The summed E-state index contributed by atoms with van der Waals surface area (Å²) in [6.07, 6.45) is -8.47. The summed E-state index contributed by atoms with van der Waals surface area (Å²) in [6, 6.07) is 6.73. The average Bonchev–Trinajstić information content (AvgIpc) is 3.12. The summed E-state index contributed by atoms with van der Waals surface area (Å²) >= 11 is 0. The van der Waals surface area contributed by atoms with Gasteiger partial charge in [0.25, 0.3) is 38.0 Å². The summed E-state index contributed by atoms with van der Waals surface area (Å²) in [5, 5.41) is 7.64. The number of hydrogen-bond donors (Lipinski definition) is 9. The lowest BCUT2D eigenvalue weighted by Crippen LogP contribution is -2.31. The summed E-state index contributed by atoms with van der Waals surface area (Å²) in [7, 11) is -9.06. The van der Waals surface area contributed by atoms with E-state index in [2.05, 4.69) is 10.3 Å². The van der Waals surface area contributed by atoms with Crippen LogP contribution < -0.4 is 49.1 Å². The van der Waals surface area contributed by atoms with Crippen LogP contribution >= 0.6 is 0 Å². The molecule has 2 aromatic carbocycles. The number of anilines is 2. The van der Waals surface area contributed by atoms with Gasteiger partial charge in [0.05, 0.1) is 67.9 Å². The van der Waals surface area contributed by atoms with Crippen molar-refractivity contribution < 1.29 is 66.7 Å². The first-order chi connectivity index (χ1) is 27.1. The lowest BCUT2D eigenvalue weighted by Gasteiger charge is -2.20. The van der Waals surface area contributed by atoms with Crippen molar-refractivity contribution in [2.45, 2.75) is 19.3 Å². The minimum atomic E-state index is -5.13. The molecular formula is C32H36F6N10O9S2. The molecule has 322 valence electrons. The maximum Gasteiger partial charge on any atom is 0.417 e. The number of amides is 3. The predicted octanol–water partition coefficient (Wildman–Crippen LogP) is 1.38. The second-order valence-corrected chi connectivity index (χ2v) is 15.2. The third-order valence-corrected chi connectivity index (χ3v) is 9.01. The number of hydrogen-bond acceptors (Lipinski definition) is 14. The standard InChI is InChI=1S/C32H36F6N10O9S2/c1-2-43-28(49)17-11-26(24(39)15-47(41)18-3-5-20(22(13-18)31(33,34)35)29(50)44-7-9-58(52,53)54)46-27(12-17)25(40)16-48(42)19-4-6-21(23(14-19)32(36,37)38)30(51)45-8-10-59(55,56)57/h3-6,11-16H,2,7-10,39-42H2,1H3,(H,43,49)(H,44,50)(H,45,51)(H,52,53,54)(H,55,56,57)/b24-15-,25-16-. The van der Waals surface area contributed by atoms with E-state index in [1.807, 2.05) is 10.6 Å². The van der Waals surface area contributed by atoms with Gasteiger partial charge in [-0.25, -0.2) is 16.7 Å². The smallest absolute Gasteiger partial charge is 0.396 e. The van der Waals surface area contributed by atoms with E-state index in [9.17, 15) is 57.6 Å². The number of nitrogens with one attached hydrogen (secondary N) is 3. The molecular weight excluding hydrogens is 847 g/mol.